The number of nitrogens with two attached hydrogens (primary N) is 1. The van der Waals surface area contributed by atoms with E-state index in [9.17, 15) is 9.18 Å². The average Bonchev–Trinajstić information content (AvgIpc) is 2.32. The maximum absolute atomic E-state index is 13.4. The number of halogens is 3. The van der Waals surface area contributed by atoms with Gasteiger partial charge in [0.15, 0.2) is 0 Å². The molecule has 2 atom stereocenters. The van der Waals surface area contributed by atoms with E-state index in [4.69, 9.17) is 28.9 Å². The first-order valence-electron chi connectivity index (χ1n) is 5.51. The van der Waals surface area contributed by atoms with Crippen LogP contribution in [0.25, 0.3) is 0 Å². The zero-order valence-electron chi connectivity index (χ0n) is 10.1. The van der Waals surface area contributed by atoms with Crippen LogP contribution >= 0.6 is 23.2 Å². The Balaban J connectivity index is 2.88. The van der Waals surface area contributed by atoms with E-state index in [1.807, 2.05) is 0 Å². The second-order valence-corrected chi connectivity index (χ2v) is 4.97. The lowest BCUT2D eigenvalue weighted by molar-refractivity contribution is -0.124. The van der Waals surface area contributed by atoms with Gasteiger partial charge in [-0.25, -0.2) is 4.39 Å². The number of benzene rings is 1. The molecule has 0 aliphatic carbocycles. The topological polar surface area (TPSA) is 55.1 Å². The molecule has 0 aromatic heterocycles. The molecule has 1 aromatic carbocycles. The van der Waals surface area contributed by atoms with E-state index in [0.717, 1.165) is 0 Å². The molecule has 100 valence electrons. The van der Waals surface area contributed by atoms with E-state index in [1.54, 1.807) is 13.8 Å². The maximum Gasteiger partial charge on any atom is 0.224 e. The van der Waals surface area contributed by atoms with Gasteiger partial charge in [-0.15, -0.1) is 0 Å². The predicted octanol–water partition coefficient (Wildman–Crippen LogP) is 2.90. The normalized spacial score (nSPS) is 14.1. The quantitative estimate of drug-likeness (QED) is 0.839. The summed E-state index contributed by atoms with van der Waals surface area (Å²) >= 11 is 11.6. The molecular weight excluding hydrogens is 278 g/mol. The molecule has 3 N–H and O–H groups in total. The summed E-state index contributed by atoms with van der Waals surface area (Å²) in [5.41, 5.74) is 5.88. The molecule has 0 saturated carbocycles. The Morgan fingerprint density at radius 3 is 2.56 bits per heavy atom. The number of hydrogen-bond donors (Lipinski definition) is 2. The summed E-state index contributed by atoms with van der Waals surface area (Å²) in [6, 6.07) is 2.14. The Labute approximate surface area is 115 Å². The van der Waals surface area contributed by atoms with Gasteiger partial charge in [0, 0.05) is 17.5 Å². The molecule has 1 rings (SSSR count). The fraction of sp³-hybridized carbons (Fsp3) is 0.417. The zero-order chi connectivity index (χ0) is 13.9. The van der Waals surface area contributed by atoms with Gasteiger partial charge in [-0.3, -0.25) is 4.79 Å². The van der Waals surface area contributed by atoms with Crippen LogP contribution in [0, 0.1) is 11.7 Å². The first kappa shape index (κ1) is 15.2. The highest BCUT2D eigenvalue weighted by Gasteiger charge is 2.18. The molecule has 6 heteroatoms. The number of nitrogens with one attached hydrogen (secondary N) is 1. The Morgan fingerprint density at radius 1 is 1.39 bits per heavy atom. The number of rotatable bonds is 4. The summed E-state index contributed by atoms with van der Waals surface area (Å²) in [4.78, 5) is 11.7. The molecule has 1 amide bonds. The van der Waals surface area contributed by atoms with Gasteiger partial charge in [0.2, 0.25) is 5.91 Å². The minimum absolute atomic E-state index is 0.0439. The van der Waals surface area contributed by atoms with Crippen molar-refractivity contribution in [2.75, 3.05) is 6.54 Å². The average molecular weight is 293 g/mol. The van der Waals surface area contributed by atoms with Crippen LogP contribution in [0.15, 0.2) is 12.1 Å². The molecular formula is C12H15Cl2FN2O. The smallest absolute Gasteiger partial charge is 0.224 e. The molecule has 0 radical (unpaired) electrons. The van der Waals surface area contributed by atoms with Crippen LogP contribution in [0.3, 0.4) is 0 Å². The number of hydrogen-bond acceptors (Lipinski definition) is 2. The lowest BCUT2D eigenvalue weighted by Gasteiger charge is -2.18. The van der Waals surface area contributed by atoms with E-state index in [-0.39, 0.29) is 23.4 Å². The molecule has 0 bridgehead atoms. The predicted molar refractivity (Wildman–Crippen MR) is 71.2 cm³/mol. The van der Waals surface area contributed by atoms with Gasteiger partial charge in [-0.1, -0.05) is 30.1 Å². The third-order valence-electron chi connectivity index (χ3n) is 2.67. The zero-order valence-corrected chi connectivity index (χ0v) is 11.6. The summed E-state index contributed by atoms with van der Waals surface area (Å²) in [7, 11) is 0. The minimum atomic E-state index is -0.566. The van der Waals surface area contributed by atoms with Crippen LogP contribution in [-0.2, 0) is 4.79 Å². The van der Waals surface area contributed by atoms with Crippen molar-refractivity contribution in [3.8, 4) is 0 Å². The lowest BCUT2D eigenvalue weighted by atomic mass is 10.1. The van der Waals surface area contributed by atoms with Crippen molar-refractivity contribution in [1.29, 1.82) is 0 Å². The molecule has 0 saturated heterocycles. The highest BCUT2D eigenvalue weighted by molar-refractivity contribution is 6.35. The van der Waals surface area contributed by atoms with E-state index in [0.29, 0.717) is 10.6 Å². The SMILES string of the molecule is CC(CN)C(=O)NC(C)c1cc(F)c(Cl)cc1Cl. The molecule has 0 aliphatic rings. The summed E-state index contributed by atoms with van der Waals surface area (Å²) in [6.45, 7) is 3.68. The van der Waals surface area contributed by atoms with E-state index in [2.05, 4.69) is 5.32 Å². The van der Waals surface area contributed by atoms with Crippen LogP contribution in [0.2, 0.25) is 10.0 Å². The highest BCUT2D eigenvalue weighted by atomic mass is 35.5. The van der Waals surface area contributed by atoms with Crippen molar-refractivity contribution in [2.24, 2.45) is 11.7 Å². The van der Waals surface area contributed by atoms with Gasteiger partial charge in [0.05, 0.1) is 11.1 Å². The third-order valence-corrected chi connectivity index (χ3v) is 3.28. The number of carbonyl (C=O) groups is 1. The second-order valence-electron chi connectivity index (χ2n) is 4.15. The van der Waals surface area contributed by atoms with Crippen molar-refractivity contribution in [3.05, 3.63) is 33.6 Å². The van der Waals surface area contributed by atoms with Crippen molar-refractivity contribution in [3.63, 3.8) is 0 Å². The largest absolute Gasteiger partial charge is 0.349 e. The van der Waals surface area contributed by atoms with Crippen LogP contribution in [0.1, 0.15) is 25.5 Å². The summed E-state index contributed by atoms with van der Waals surface area (Å²) in [6.07, 6.45) is 0. The van der Waals surface area contributed by atoms with Gasteiger partial charge >= 0.3 is 0 Å². The molecule has 18 heavy (non-hydrogen) atoms. The first-order valence-corrected chi connectivity index (χ1v) is 6.27. The monoisotopic (exact) mass is 292 g/mol. The van der Waals surface area contributed by atoms with E-state index >= 15 is 0 Å². The molecule has 1 aromatic rings. The molecule has 0 fully saturated rings. The number of carbonyl (C=O) groups excluding carboxylic acids is 1. The fourth-order valence-electron chi connectivity index (χ4n) is 1.41. The summed E-state index contributed by atoms with van der Waals surface area (Å²) in [5.74, 6) is -1.07. The Kier molecular flexibility index (Phi) is 5.38. The van der Waals surface area contributed by atoms with Gasteiger partial charge in [-0.05, 0) is 24.6 Å². The van der Waals surface area contributed by atoms with E-state index < -0.39 is 11.9 Å². The Morgan fingerprint density at radius 2 is 2.00 bits per heavy atom. The highest BCUT2D eigenvalue weighted by Crippen LogP contribution is 2.28. The lowest BCUT2D eigenvalue weighted by Crippen LogP contribution is -2.35. The van der Waals surface area contributed by atoms with Crippen molar-refractivity contribution < 1.29 is 9.18 Å². The second kappa shape index (κ2) is 6.36. The Hall–Kier alpha value is -0.840. The van der Waals surface area contributed by atoms with Crippen LogP contribution < -0.4 is 11.1 Å². The molecule has 0 heterocycles. The minimum Gasteiger partial charge on any atom is -0.349 e. The molecule has 0 spiro atoms. The standard InChI is InChI=1S/C12H15Cl2FN2O/c1-6(5-16)12(18)17-7(2)8-3-11(15)10(14)4-9(8)13/h3-4,6-7H,5,16H2,1-2H3,(H,17,18). The van der Waals surface area contributed by atoms with Crippen LogP contribution in [-0.4, -0.2) is 12.5 Å². The van der Waals surface area contributed by atoms with E-state index in [1.165, 1.54) is 12.1 Å². The van der Waals surface area contributed by atoms with Gasteiger partial charge in [0.1, 0.15) is 5.82 Å². The first-order chi connectivity index (χ1) is 8.36. The van der Waals surface area contributed by atoms with Crippen molar-refractivity contribution >= 4 is 29.1 Å². The van der Waals surface area contributed by atoms with Gasteiger partial charge < -0.3 is 11.1 Å². The molecule has 3 nitrogen and oxygen atoms in total. The summed E-state index contributed by atoms with van der Waals surface area (Å²) < 4.78 is 13.4. The van der Waals surface area contributed by atoms with Crippen molar-refractivity contribution in [2.45, 2.75) is 19.9 Å². The van der Waals surface area contributed by atoms with Crippen molar-refractivity contribution in [1.82, 2.24) is 5.32 Å². The number of amides is 1. The Bertz CT molecular complexity index is 454. The van der Waals surface area contributed by atoms with Gasteiger partial charge in [-0.2, -0.15) is 0 Å². The summed E-state index contributed by atoms with van der Waals surface area (Å²) in [5, 5.41) is 2.99. The van der Waals surface area contributed by atoms with Crippen LogP contribution in [0.4, 0.5) is 4.39 Å². The van der Waals surface area contributed by atoms with Crippen LogP contribution in [0.5, 0.6) is 0 Å². The third kappa shape index (κ3) is 3.57. The fourth-order valence-corrected chi connectivity index (χ4v) is 1.96. The molecule has 2 unspecified atom stereocenters. The van der Waals surface area contributed by atoms with Gasteiger partial charge in [0.25, 0.3) is 0 Å². The molecule has 0 aliphatic heterocycles. The maximum atomic E-state index is 13.4.